The molecule has 48 valence electrons. The lowest BCUT2D eigenvalue weighted by molar-refractivity contribution is 0.734. The van der Waals surface area contributed by atoms with Crippen molar-refractivity contribution in [3.05, 3.63) is 0 Å². The van der Waals surface area contributed by atoms with Crippen molar-refractivity contribution < 1.29 is 0 Å². The van der Waals surface area contributed by atoms with Gasteiger partial charge in [-0.15, -0.1) is 0 Å². The predicted molar refractivity (Wildman–Crippen MR) is 39.2 cm³/mol. The van der Waals surface area contributed by atoms with Crippen LogP contribution in [-0.4, -0.2) is 31.5 Å². The molecule has 0 spiro atoms. The van der Waals surface area contributed by atoms with Gasteiger partial charge in [-0.25, -0.2) is 5.84 Å². The summed E-state index contributed by atoms with van der Waals surface area (Å²) in [6, 6.07) is 0. The van der Waals surface area contributed by atoms with Crippen molar-refractivity contribution >= 4 is 14.4 Å². The van der Waals surface area contributed by atoms with E-state index in [1.165, 1.54) is 0 Å². The summed E-state index contributed by atoms with van der Waals surface area (Å²) in [4.78, 5) is 3.75. The van der Waals surface area contributed by atoms with E-state index >= 15 is 0 Å². The van der Waals surface area contributed by atoms with Gasteiger partial charge in [-0.3, -0.25) is 9.77 Å². The van der Waals surface area contributed by atoms with Gasteiger partial charge in [0.05, 0.1) is 0 Å². The molecule has 0 aromatic rings. The number of rotatable bonds is 2. The zero-order valence-electron chi connectivity index (χ0n) is 5.50. The van der Waals surface area contributed by atoms with E-state index < -0.39 is 0 Å². The Kier molecular flexibility index (Phi) is 3.75. The first-order valence-corrected chi connectivity index (χ1v) is 4.51. The molecule has 0 aromatic carbocycles. The molecule has 0 fully saturated rings. The predicted octanol–water partition coefficient (Wildman–Crippen LogP) is 0.477. The fourth-order valence-corrected chi connectivity index (χ4v) is 0.531. The van der Waals surface area contributed by atoms with E-state index in [1.807, 2.05) is 0 Å². The summed E-state index contributed by atoms with van der Waals surface area (Å²) < 4.78 is 1.62. The number of nitrogens with zero attached hydrogens (tertiary/aromatic N) is 2. The number of hydrogen-bond acceptors (Lipinski definition) is 2. The van der Waals surface area contributed by atoms with E-state index in [4.69, 9.17) is 5.84 Å². The molecule has 0 saturated heterocycles. The molecule has 0 radical (unpaired) electrons. The Labute approximate surface area is 51.4 Å². The second kappa shape index (κ2) is 3.81. The molecule has 0 bridgehead atoms. The van der Waals surface area contributed by atoms with Crippen LogP contribution in [0, 0.1) is 0 Å². The Morgan fingerprint density at radius 3 is 2.25 bits per heavy atom. The molecule has 0 rings (SSSR count). The van der Waals surface area contributed by atoms with Crippen molar-refractivity contribution in [1.82, 2.24) is 4.78 Å². The quantitative estimate of drug-likeness (QED) is 0.196. The Balaban J connectivity index is 3.47. The van der Waals surface area contributed by atoms with E-state index in [2.05, 4.69) is 18.3 Å². The van der Waals surface area contributed by atoms with Crippen LogP contribution in [0.4, 0.5) is 0 Å². The number of hydrazine groups is 1. The lowest BCUT2D eigenvalue weighted by Crippen LogP contribution is -2.22. The van der Waals surface area contributed by atoms with Crippen molar-refractivity contribution in [3.63, 3.8) is 0 Å². The monoisotopic (exact) mass is 133 g/mol. The highest BCUT2D eigenvalue weighted by Crippen LogP contribution is 2.24. The zero-order valence-corrected chi connectivity index (χ0v) is 6.39. The zero-order chi connectivity index (χ0) is 6.57. The van der Waals surface area contributed by atoms with Crippen LogP contribution in [0.15, 0.2) is 4.99 Å². The molecule has 0 aliphatic rings. The van der Waals surface area contributed by atoms with Crippen LogP contribution in [0.25, 0.3) is 0 Å². The highest BCUT2D eigenvalue weighted by molar-refractivity contribution is 7.54. The van der Waals surface area contributed by atoms with Crippen LogP contribution in [0.5, 0.6) is 0 Å². The summed E-state index contributed by atoms with van der Waals surface area (Å²) in [6.07, 6.45) is 1.63. The van der Waals surface area contributed by atoms with Crippen molar-refractivity contribution in [2.24, 2.45) is 10.8 Å². The highest BCUT2D eigenvalue weighted by atomic mass is 31.1. The third-order valence-corrected chi connectivity index (χ3v) is 1.72. The Morgan fingerprint density at radius 2 is 2.12 bits per heavy atom. The maximum atomic E-state index is 5.44. The van der Waals surface area contributed by atoms with Gasteiger partial charge in [0.2, 0.25) is 0 Å². The Bertz CT molecular complexity index is 81.4. The van der Waals surface area contributed by atoms with Gasteiger partial charge in [0.1, 0.15) is 6.34 Å². The average Bonchev–Trinajstić information content (AvgIpc) is 1.67. The molecule has 0 saturated carbocycles. The second-order valence-electron chi connectivity index (χ2n) is 1.60. The first-order valence-electron chi connectivity index (χ1n) is 2.32. The van der Waals surface area contributed by atoms with Gasteiger partial charge in [-0.1, -0.05) is 0 Å². The van der Waals surface area contributed by atoms with Crippen molar-refractivity contribution in [2.75, 3.05) is 20.4 Å². The number of hydrogen-bond donors (Lipinski definition) is 1. The SMILES string of the molecule is C/N=C/N(N)P(C)C. The van der Waals surface area contributed by atoms with Gasteiger partial charge >= 0.3 is 0 Å². The summed E-state index contributed by atoms with van der Waals surface area (Å²) in [5, 5.41) is 0. The molecule has 0 unspecified atom stereocenters. The van der Waals surface area contributed by atoms with Crippen LogP contribution < -0.4 is 5.84 Å². The van der Waals surface area contributed by atoms with Crippen LogP contribution in [0.2, 0.25) is 0 Å². The highest BCUT2D eigenvalue weighted by Gasteiger charge is 1.94. The summed E-state index contributed by atoms with van der Waals surface area (Å²) in [5.74, 6) is 5.44. The lowest BCUT2D eigenvalue weighted by Gasteiger charge is -2.15. The fourth-order valence-electron chi connectivity index (χ4n) is 0.222. The number of nitrogens with two attached hydrogens (primary N) is 1. The molecule has 0 aliphatic heterocycles. The summed E-state index contributed by atoms with van der Waals surface area (Å²) in [6.45, 7) is 4.13. The van der Waals surface area contributed by atoms with Crippen LogP contribution >= 0.6 is 8.07 Å². The second-order valence-corrected chi connectivity index (χ2v) is 3.76. The van der Waals surface area contributed by atoms with Crippen LogP contribution in [0.1, 0.15) is 0 Å². The third-order valence-electron chi connectivity index (χ3n) is 0.696. The van der Waals surface area contributed by atoms with Gasteiger partial charge in [0.15, 0.2) is 0 Å². The molecule has 4 heteroatoms. The van der Waals surface area contributed by atoms with Gasteiger partial charge in [0, 0.05) is 15.1 Å². The van der Waals surface area contributed by atoms with E-state index in [9.17, 15) is 0 Å². The summed E-state index contributed by atoms with van der Waals surface area (Å²) >= 11 is 0. The molecule has 8 heavy (non-hydrogen) atoms. The maximum Gasteiger partial charge on any atom is 0.102 e. The van der Waals surface area contributed by atoms with Crippen LogP contribution in [0.3, 0.4) is 0 Å². The number of aliphatic imine (C=N–C) groups is 1. The molecule has 0 atom stereocenters. The summed E-state index contributed by atoms with van der Waals surface area (Å²) in [5.41, 5.74) is 0. The van der Waals surface area contributed by atoms with Crippen molar-refractivity contribution in [1.29, 1.82) is 0 Å². The van der Waals surface area contributed by atoms with E-state index in [1.54, 1.807) is 18.2 Å². The first-order chi connectivity index (χ1) is 3.68. The molecule has 0 heterocycles. The molecule has 2 N–H and O–H groups in total. The van der Waals surface area contributed by atoms with Gasteiger partial charge in [0.25, 0.3) is 0 Å². The standard InChI is InChI=1S/C4H12N3P/c1-6-4-7(5)8(2)3/h4H,5H2,1-3H3/b6-4+. The van der Waals surface area contributed by atoms with E-state index in [0.717, 1.165) is 0 Å². The largest absolute Gasteiger partial charge is 0.281 e. The minimum absolute atomic E-state index is 0.206. The summed E-state index contributed by atoms with van der Waals surface area (Å²) in [7, 11) is 1.50. The van der Waals surface area contributed by atoms with E-state index in [-0.39, 0.29) is 8.07 Å². The fraction of sp³-hybridized carbons (Fsp3) is 0.750. The van der Waals surface area contributed by atoms with Crippen molar-refractivity contribution in [3.8, 4) is 0 Å². The average molecular weight is 133 g/mol. The smallest absolute Gasteiger partial charge is 0.102 e. The normalized spacial score (nSPS) is 11.1. The molecule has 0 amide bonds. The molecule has 0 aromatic heterocycles. The van der Waals surface area contributed by atoms with Crippen molar-refractivity contribution in [2.45, 2.75) is 0 Å². The minimum Gasteiger partial charge on any atom is -0.281 e. The molecule has 0 aliphatic carbocycles. The first kappa shape index (κ1) is 7.86. The lowest BCUT2D eigenvalue weighted by atomic mass is 11.2. The molecular weight excluding hydrogens is 121 g/mol. The van der Waals surface area contributed by atoms with Crippen LogP contribution in [-0.2, 0) is 0 Å². The Morgan fingerprint density at radius 1 is 1.62 bits per heavy atom. The molecule has 3 nitrogen and oxygen atoms in total. The molecular formula is C4H12N3P. The van der Waals surface area contributed by atoms with Gasteiger partial charge in [-0.2, -0.15) is 0 Å². The topological polar surface area (TPSA) is 41.6 Å². The van der Waals surface area contributed by atoms with Gasteiger partial charge < -0.3 is 0 Å². The van der Waals surface area contributed by atoms with Gasteiger partial charge in [-0.05, 0) is 13.3 Å². The third kappa shape index (κ3) is 2.94. The maximum absolute atomic E-state index is 5.44. The van der Waals surface area contributed by atoms with E-state index in [0.29, 0.717) is 0 Å². The minimum atomic E-state index is -0.206. The Hall–Kier alpha value is -0.140.